The number of ether oxygens (including phenoxy) is 1. The average molecular weight is 300 g/mol. The van der Waals surface area contributed by atoms with E-state index < -0.39 is 0 Å². The summed E-state index contributed by atoms with van der Waals surface area (Å²) in [6.07, 6.45) is 2.22. The van der Waals surface area contributed by atoms with Crippen molar-refractivity contribution in [3.63, 3.8) is 0 Å². The smallest absolute Gasteiger partial charge is 0.131 e. The van der Waals surface area contributed by atoms with Gasteiger partial charge in [-0.25, -0.2) is 0 Å². The van der Waals surface area contributed by atoms with Crippen molar-refractivity contribution in [1.82, 2.24) is 4.90 Å². The first-order valence-corrected chi connectivity index (χ1v) is 7.83. The molecule has 0 bridgehead atoms. The van der Waals surface area contributed by atoms with Crippen LogP contribution in [0.5, 0.6) is 11.5 Å². The Morgan fingerprint density at radius 2 is 1.71 bits per heavy atom. The largest absolute Gasteiger partial charge is 0.457 e. The maximum atomic E-state index is 6.27. The molecule has 1 saturated heterocycles. The normalized spacial score (nSPS) is 19.7. The molecule has 2 aromatic carbocycles. The first-order valence-electron chi connectivity index (χ1n) is 7.45. The number of para-hydroxylation sites is 1. The van der Waals surface area contributed by atoms with Crippen molar-refractivity contribution in [2.45, 2.75) is 18.3 Å². The molecule has 21 heavy (non-hydrogen) atoms. The number of halogens is 1. The summed E-state index contributed by atoms with van der Waals surface area (Å²) in [6.45, 7) is 2.20. The van der Waals surface area contributed by atoms with Gasteiger partial charge >= 0.3 is 0 Å². The van der Waals surface area contributed by atoms with Crippen LogP contribution in [-0.4, -0.2) is 25.0 Å². The fourth-order valence-corrected chi connectivity index (χ4v) is 3.89. The lowest BCUT2D eigenvalue weighted by molar-refractivity contribution is 0.202. The van der Waals surface area contributed by atoms with E-state index in [1.807, 2.05) is 18.2 Å². The number of nitrogens with zero attached hydrogens (tertiary/aromatic N) is 1. The quantitative estimate of drug-likeness (QED) is 0.712. The summed E-state index contributed by atoms with van der Waals surface area (Å²) < 4.78 is 6.11. The number of benzene rings is 2. The van der Waals surface area contributed by atoms with Gasteiger partial charge < -0.3 is 9.64 Å². The van der Waals surface area contributed by atoms with E-state index in [1.54, 1.807) is 0 Å². The predicted octanol–water partition coefficient (Wildman–Crippen LogP) is 4.46. The lowest BCUT2D eigenvalue weighted by Gasteiger charge is -2.45. The Labute approximate surface area is 130 Å². The molecule has 108 valence electrons. The Bertz CT molecular complexity index is 689. The molecule has 0 amide bonds. The zero-order valence-corrected chi connectivity index (χ0v) is 12.9. The van der Waals surface area contributed by atoms with Crippen molar-refractivity contribution in [3.8, 4) is 11.5 Å². The standard InChI is InChI=1S/C18H18ClNO/c1-20-10-8-18(9-11-20)14-4-2-3-5-16(14)21-17-7-6-13(19)12-15(17)18/h2-7,12H,8-11H2,1H3. The van der Waals surface area contributed by atoms with Crippen LogP contribution in [0.25, 0.3) is 0 Å². The molecule has 2 nitrogen and oxygen atoms in total. The Kier molecular flexibility index (Phi) is 2.98. The molecule has 0 radical (unpaired) electrons. The van der Waals surface area contributed by atoms with Gasteiger partial charge in [0.2, 0.25) is 0 Å². The highest BCUT2D eigenvalue weighted by atomic mass is 35.5. The van der Waals surface area contributed by atoms with E-state index in [0.29, 0.717) is 0 Å². The summed E-state index contributed by atoms with van der Waals surface area (Å²) >= 11 is 6.27. The SMILES string of the molecule is CN1CCC2(CC1)c1ccccc1Oc1ccc(Cl)cc12. The second-order valence-electron chi connectivity index (χ2n) is 6.12. The Hall–Kier alpha value is -1.51. The minimum Gasteiger partial charge on any atom is -0.457 e. The van der Waals surface area contributed by atoms with E-state index in [-0.39, 0.29) is 5.41 Å². The topological polar surface area (TPSA) is 12.5 Å². The first kappa shape index (κ1) is 13.2. The van der Waals surface area contributed by atoms with Crippen molar-refractivity contribution in [3.05, 3.63) is 58.6 Å². The number of piperidine rings is 1. The van der Waals surface area contributed by atoms with Crippen LogP contribution in [0.3, 0.4) is 0 Å². The fraction of sp³-hybridized carbons (Fsp3) is 0.333. The van der Waals surface area contributed by atoms with E-state index in [1.165, 1.54) is 11.1 Å². The fourth-order valence-electron chi connectivity index (χ4n) is 3.72. The van der Waals surface area contributed by atoms with Crippen LogP contribution in [0.1, 0.15) is 24.0 Å². The van der Waals surface area contributed by atoms with Gasteiger partial charge in [0.05, 0.1) is 0 Å². The monoisotopic (exact) mass is 299 g/mol. The Balaban J connectivity index is 1.94. The van der Waals surface area contributed by atoms with Crippen LogP contribution >= 0.6 is 11.6 Å². The third-order valence-electron chi connectivity index (χ3n) is 4.92. The number of hydrogen-bond acceptors (Lipinski definition) is 2. The molecule has 0 unspecified atom stereocenters. The molecule has 0 aliphatic carbocycles. The molecule has 1 fully saturated rings. The zero-order valence-electron chi connectivity index (χ0n) is 12.1. The van der Waals surface area contributed by atoms with Crippen LogP contribution < -0.4 is 4.74 Å². The van der Waals surface area contributed by atoms with Gasteiger partial charge in [0, 0.05) is 21.6 Å². The molecule has 0 aromatic heterocycles. The van der Waals surface area contributed by atoms with Crippen LogP contribution in [0.4, 0.5) is 0 Å². The van der Waals surface area contributed by atoms with Gasteiger partial charge in [-0.1, -0.05) is 29.8 Å². The number of hydrogen-bond donors (Lipinski definition) is 0. The van der Waals surface area contributed by atoms with Crippen molar-refractivity contribution in [2.24, 2.45) is 0 Å². The predicted molar refractivity (Wildman–Crippen MR) is 85.5 cm³/mol. The van der Waals surface area contributed by atoms with E-state index in [4.69, 9.17) is 16.3 Å². The van der Waals surface area contributed by atoms with E-state index in [2.05, 4.69) is 36.2 Å². The summed E-state index contributed by atoms with van der Waals surface area (Å²) in [4.78, 5) is 2.40. The van der Waals surface area contributed by atoms with Crippen LogP contribution in [0.2, 0.25) is 5.02 Å². The summed E-state index contributed by atoms with van der Waals surface area (Å²) in [7, 11) is 2.19. The average Bonchev–Trinajstić information content (AvgIpc) is 2.51. The van der Waals surface area contributed by atoms with Crippen LogP contribution in [0, 0.1) is 0 Å². The lowest BCUT2D eigenvalue weighted by Crippen LogP contribution is -2.43. The summed E-state index contributed by atoms with van der Waals surface area (Å²) in [5.41, 5.74) is 2.61. The van der Waals surface area contributed by atoms with Crippen molar-refractivity contribution < 1.29 is 4.74 Å². The van der Waals surface area contributed by atoms with Gasteiger partial charge in [-0.2, -0.15) is 0 Å². The molecule has 2 heterocycles. The van der Waals surface area contributed by atoms with Crippen LogP contribution in [0.15, 0.2) is 42.5 Å². The summed E-state index contributed by atoms with van der Waals surface area (Å²) in [5.74, 6) is 1.96. The molecular weight excluding hydrogens is 282 g/mol. The van der Waals surface area contributed by atoms with Crippen molar-refractivity contribution >= 4 is 11.6 Å². The Morgan fingerprint density at radius 1 is 1.00 bits per heavy atom. The van der Waals surface area contributed by atoms with E-state index in [0.717, 1.165) is 42.5 Å². The molecule has 4 rings (SSSR count). The lowest BCUT2D eigenvalue weighted by atomic mass is 9.66. The minimum absolute atomic E-state index is 0.0432. The Morgan fingerprint density at radius 3 is 2.52 bits per heavy atom. The van der Waals surface area contributed by atoms with Gasteiger partial charge in [0.15, 0.2) is 0 Å². The molecule has 2 aliphatic rings. The molecule has 0 saturated carbocycles. The number of rotatable bonds is 0. The first-order chi connectivity index (χ1) is 10.2. The van der Waals surface area contributed by atoms with Crippen molar-refractivity contribution in [1.29, 1.82) is 0 Å². The zero-order chi connectivity index (χ0) is 14.4. The summed E-state index contributed by atoms with van der Waals surface area (Å²) in [6, 6.07) is 14.5. The second-order valence-corrected chi connectivity index (χ2v) is 6.56. The minimum atomic E-state index is 0.0432. The van der Waals surface area contributed by atoms with Gasteiger partial charge in [-0.05, 0) is 57.2 Å². The number of fused-ring (bicyclic) bond motifs is 4. The third-order valence-corrected chi connectivity index (χ3v) is 5.16. The van der Waals surface area contributed by atoms with Gasteiger partial charge in [-0.15, -0.1) is 0 Å². The molecule has 2 aromatic rings. The third kappa shape index (κ3) is 1.97. The highest BCUT2D eigenvalue weighted by Crippen LogP contribution is 2.53. The molecule has 0 N–H and O–H groups in total. The maximum absolute atomic E-state index is 6.27. The van der Waals surface area contributed by atoms with Gasteiger partial charge in [0.25, 0.3) is 0 Å². The van der Waals surface area contributed by atoms with Crippen molar-refractivity contribution in [2.75, 3.05) is 20.1 Å². The summed E-state index contributed by atoms with van der Waals surface area (Å²) in [5, 5.41) is 0.787. The van der Waals surface area contributed by atoms with Crippen LogP contribution in [-0.2, 0) is 5.41 Å². The second kappa shape index (κ2) is 4.75. The maximum Gasteiger partial charge on any atom is 0.131 e. The number of likely N-dealkylation sites (tertiary alicyclic amines) is 1. The highest BCUT2D eigenvalue weighted by molar-refractivity contribution is 6.30. The van der Waals surface area contributed by atoms with E-state index >= 15 is 0 Å². The van der Waals surface area contributed by atoms with Gasteiger partial charge in [0.1, 0.15) is 11.5 Å². The molecule has 2 aliphatic heterocycles. The van der Waals surface area contributed by atoms with Gasteiger partial charge in [-0.3, -0.25) is 0 Å². The highest BCUT2D eigenvalue weighted by Gasteiger charge is 2.43. The molecule has 0 atom stereocenters. The molecule has 1 spiro atoms. The molecular formula is C18H18ClNO. The van der Waals surface area contributed by atoms with E-state index in [9.17, 15) is 0 Å². The molecule has 3 heteroatoms.